The Labute approximate surface area is 148 Å². The predicted molar refractivity (Wildman–Crippen MR) is 99.7 cm³/mol. The molecule has 1 saturated heterocycles. The number of nitrogens with zero attached hydrogens (tertiary/aromatic N) is 1. The highest BCUT2D eigenvalue weighted by Gasteiger charge is 2.25. The molecule has 1 N–H and O–H groups in total. The van der Waals surface area contributed by atoms with Crippen molar-refractivity contribution >= 4 is 21.4 Å². The molecular formula is C18H24N2O2S2. The molecule has 2 aromatic rings. The van der Waals surface area contributed by atoms with Crippen LogP contribution in [0.4, 0.5) is 0 Å². The SMILES string of the molecule is Cc1ccccc1CS(=O)(=O)NCC(c1ccsc1)N1CCCC1. The van der Waals surface area contributed by atoms with Crippen LogP contribution < -0.4 is 4.72 Å². The summed E-state index contributed by atoms with van der Waals surface area (Å²) < 4.78 is 27.9. The van der Waals surface area contributed by atoms with E-state index >= 15 is 0 Å². The molecule has 2 heterocycles. The molecule has 1 aliphatic rings. The van der Waals surface area contributed by atoms with Crippen molar-refractivity contribution in [3.8, 4) is 0 Å². The molecule has 6 heteroatoms. The van der Waals surface area contributed by atoms with Gasteiger partial charge in [-0.1, -0.05) is 24.3 Å². The smallest absolute Gasteiger partial charge is 0.215 e. The van der Waals surface area contributed by atoms with Gasteiger partial charge in [-0.3, -0.25) is 4.90 Å². The minimum atomic E-state index is -3.35. The van der Waals surface area contributed by atoms with Gasteiger partial charge in [-0.15, -0.1) is 0 Å². The van der Waals surface area contributed by atoms with Crippen molar-refractivity contribution in [1.29, 1.82) is 0 Å². The lowest BCUT2D eigenvalue weighted by atomic mass is 10.1. The minimum absolute atomic E-state index is 0.0377. The molecule has 1 aromatic heterocycles. The Bertz CT molecular complexity index is 751. The van der Waals surface area contributed by atoms with Gasteiger partial charge in [0.05, 0.1) is 5.75 Å². The number of thiophene rings is 1. The van der Waals surface area contributed by atoms with Gasteiger partial charge in [0.1, 0.15) is 0 Å². The number of benzene rings is 1. The molecular weight excluding hydrogens is 340 g/mol. The zero-order chi connectivity index (χ0) is 17.0. The molecule has 0 bridgehead atoms. The average molecular weight is 365 g/mol. The normalized spacial score (nSPS) is 17.2. The fourth-order valence-corrected chi connectivity index (χ4v) is 5.16. The summed E-state index contributed by atoms with van der Waals surface area (Å²) in [7, 11) is -3.35. The van der Waals surface area contributed by atoms with Crippen LogP contribution in [-0.4, -0.2) is 33.0 Å². The Morgan fingerprint density at radius 2 is 1.96 bits per heavy atom. The summed E-state index contributed by atoms with van der Waals surface area (Å²) in [5.41, 5.74) is 3.08. The van der Waals surface area contributed by atoms with Gasteiger partial charge in [-0.05, 0) is 66.4 Å². The van der Waals surface area contributed by atoms with Gasteiger partial charge in [0, 0.05) is 12.6 Å². The molecule has 0 saturated carbocycles. The predicted octanol–water partition coefficient (Wildman–Crippen LogP) is 3.31. The summed E-state index contributed by atoms with van der Waals surface area (Å²) in [5.74, 6) is 0.0377. The van der Waals surface area contributed by atoms with Crippen LogP contribution in [-0.2, 0) is 15.8 Å². The van der Waals surface area contributed by atoms with E-state index in [1.54, 1.807) is 11.3 Å². The second kappa shape index (κ2) is 7.78. The van der Waals surface area contributed by atoms with Gasteiger partial charge < -0.3 is 0 Å². The van der Waals surface area contributed by atoms with Crippen LogP contribution in [0, 0.1) is 6.92 Å². The third-order valence-corrected chi connectivity index (χ3v) is 6.61. The molecule has 0 radical (unpaired) electrons. The first kappa shape index (κ1) is 17.6. The fourth-order valence-electron chi connectivity index (χ4n) is 3.21. The summed E-state index contributed by atoms with van der Waals surface area (Å²) >= 11 is 1.66. The van der Waals surface area contributed by atoms with Crippen LogP contribution in [0.25, 0.3) is 0 Å². The number of likely N-dealkylation sites (tertiary alicyclic amines) is 1. The zero-order valence-corrected chi connectivity index (χ0v) is 15.6. The van der Waals surface area contributed by atoms with Crippen molar-refractivity contribution < 1.29 is 8.42 Å². The second-order valence-electron chi connectivity index (χ2n) is 6.35. The van der Waals surface area contributed by atoms with Crippen LogP contribution in [0.5, 0.6) is 0 Å². The third-order valence-electron chi connectivity index (χ3n) is 4.61. The van der Waals surface area contributed by atoms with Gasteiger partial charge in [0.25, 0.3) is 0 Å². The lowest BCUT2D eigenvalue weighted by Gasteiger charge is -2.27. The molecule has 4 nitrogen and oxygen atoms in total. The van der Waals surface area contributed by atoms with E-state index in [1.807, 2.05) is 31.2 Å². The van der Waals surface area contributed by atoms with Crippen LogP contribution in [0.3, 0.4) is 0 Å². The molecule has 0 aliphatic carbocycles. The number of hydrogen-bond donors (Lipinski definition) is 1. The van der Waals surface area contributed by atoms with Crippen molar-refractivity contribution in [2.75, 3.05) is 19.6 Å². The fraction of sp³-hybridized carbons (Fsp3) is 0.444. The lowest BCUT2D eigenvalue weighted by Crippen LogP contribution is -2.37. The van der Waals surface area contributed by atoms with Crippen LogP contribution in [0.1, 0.15) is 35.6 Å². The summed E-state index contributed by atoms with van der Waals surface area (Å²) in [4.78, 5) is 2.39. The van der Waals surface area contributed by atoms with E-state index in [0.717, 1.165) is 24.2 Å². The second-order valence-corrected chi connectivity index (χ2v) is 8.94. The van der Waals surface area contributed by atoms with Crippen LogP contribution in [0.2, 0.25) is 0 Å². The lowest BCUT2D eigenvalue weighted by molar-refractivity contribution is 0.247. The molecule has 1 unspecified atom stereocenters. The van der Waals surface area contributed by atoms with E-state index in [-0.39, 0.29) is 11.8 Å². The van der Waals surface area contributed by atoms with Crippen LogP contribution in [0.15, 0.2) is 41.1 Å². The molecule has 24 heavy (non-hydrogen) atoms. The Kier molecular flexibility index (Phi) is 5.71. The first-order chi connectivity index (χ1) is 11.6. The number of sulfonamides is 1. The highest BCUT2D eigenvalue weighted by Crippen LogP contribution is 2.26. The quantitative estimate of drug-likeness (QED) is 0.820. The summed E-state index contributed by atoms with van der Waals surface area (Å²) in [6, 6.07) is 9.87. The largest absolute Gasteiger partial charge is 0.295 e. The first-order valence-electron chi connectivity index (χ1n) is 8.33. The van der Waals surface area contributed by atoms with Crippen molar-refractivity contribution in [3.05, 3.63) is 57.8 Å². The third kappa shape index (κ3) is 4.45. The molecule has 1 atom stereocenters. The molecule has 1 aromatic carbocycles. The van der Waals surface area contributed by atoms with E-state index < -0.39 is 10.0 Å². The standard InChI is InChI=1S/C18H24N2O2S2/c1-15-6-2-3-7-17(15)14-24(21,22)19-12-18(16-8-11-23-13-16)20-9-4-5-10-20/h2-3,6-8,11,13,18-19H,4-5,9-10,12,14H2,1H3. The van der Waals surface area contributed by atoms with Gasteiger partial charge in [0.15, 0.2) is 0 Å². The summed E-state index contributed by atoms with van der Waals surface area (Å²) in [6.45, 7) is 4.47. The van der Waals surface area contributed by atoms with Gasteiger partial charge in [0.2, 0.25) is 10.0 Å². The average Bonchev–Trinajstić information content (AvgIpc) is 3.23. The van der Waals surface area contributed by atoms with E-state index in [4.69, 9.17) is 0 Å². The molecule has 0 spiro atoms. The minimum Gasteiger partial charge on any atom is -0.295 e. The molecule has 1 aliphatic heterocycles. The van der Waals surface area contributed by atoms with Gasteiger partial charge in [-0.25, -0.2) is 13.1 Å². The number of rotatable bonds is 7. The molecule has 1 fully saturated rings. The highest BCUT2D eigenvalue weighted by atomic mass is 32.2. The molecule has 0 amide bonds. The van der Waals surface area contributed by atoms with E-state index in [0.29, 0.717) is 6.54 Å². The monoisotopic (exact) mass is 364 g/mol. The Morgan fingerprint density at radius 3 is 2.62 bits per heavy atom. The van der Waals surface area contributed by atoms with Crippen molar-refractivity contribution in [2.24, 2.45) is 0 Å². The summed E-state index contributed by atoms with van der Waals surface area (Å²) in [6.07, 6.45) is 2.38. The molecule has 130 valence electrons. The van der Waals surface area contributed by atoms with Crippen LogP contribution >= 0.6 is 11.3 Å². The highest BCUT2D eigenvalue weighted by molar-refractivity contribution is 7.88. The topological polar surface area (TPSA) is 49.4 Å². The summed E-state index contributed by atoms with van der Waals surface area (Å²) in [5, 5.41) is 4.18. The molecule has 3 rings (SSSR count). The zero-order valence-electron chi connectivity index (χ0n) is 13.9. The maximum absolute atomic E-state index is 12.5. The Morgan fingerprint density at radius 1 is 1.21 bits per heavy atom. The number of aryl methyl sites for hydroxylation is 1. The van der Waals surface area contributed by atoms with E-state index in [1.165, 1.54) is 18.4 Å². The number of nitrogens with one attached hydrogen (secondary N) is 1. The van der Waals surface area contributed by atoms with Crippen molar-refractivity contribution in [1.82, 2.24) is 9.62 Å². The maximum Gasteiger partial charge on any atom is 0.215 e. The first-order valence-corrected chi connectivity index (χ1v) is 10.9. The Balaban J connectivity index is 1.68. The van der Waals surface area contributed by atoms with Gasteiger partial charge >= 0.3 is 0 Å². The number of hydrogen-bond acceptors (Lipinski definition) is 4. The van der Waals surface area contributed by atoms with Crippen molar-refractivity contribution in [3.63, 3.8) is 0 Å². The van der Waals surface area contributed by atoms with E-state index in [9.17, 15) is 8.42 Å². The Hall–Kier alpha value is -1.21. The van der Waals surface area contributed by atoms with E-state index in [2.05, 4.69) is 26.4 Å². The maximum atomic E-state index is 12.5. The van der Waals surface area contributed by atoms with Crippen molar-refractivity contribution in [2.45, 2.75) is 31.6 Å². The van der Waals surface area contributed by atoms with Gasteiger partial charge in [-0.2, -0.15) is 11.3 Å².